The fourth-order valence-electron chi connectivity index (χ4n) is 17.3. The van der Waals surface area contributed by atoms with E-state index in [1.54, 1.807) is 42.2 Å². The topological polar surface area (TPSA) is 68.1 Å². The van der Waals surface area contributed by atoms with Crippen LogP contribution < -0.4 is 18.3 Å². The van der Waals surface area contributed by atoms with Crippen LogP contribution in [0, 0.1) is 69.0 Å². The van der Waals surface area contributed by atoms with E-state index in [4.69, 9.17) is 31.4 Å². The highest BCUT2D eigenvalue weighted by molar-refractivity contribution is 6.17. The number of rotatable bonds is 5. The molecule has 0 radical (unpaired) electrons. The van der Waals surface area contributed by atoms with Crippen molar-refractivity contribution in [2.24, 2.45) is 28.2 Å². The largest absolute Gasteiger partial charge is 0.449 e. The highest BCUT2D eigenvalue weighted by atomic mass is 16.3. The zero-order valence-corrected chi connectivity index (χ0v) is 65.1. The Labute approximate surface area is 667 Å². The summed E-state index contributed by atoms with van der Waals surface area (Å²) in [6.45, 7) is 7.62. The molecular weight excluding hydrogens is 1370 g/mol. The Morgan fingerprint density at radius 3 is 1.07 bits per heavy atom. The molecule has 0 spiro atoms. The van der Waals surface area contributed by atoms with Crippen molar-refractivity contribution in [1.82, 2.24) is 0 Å². The van der Waals surface area contributed by atoms with E-state index in [9.17, 15) is 0 Å². The minimum absolute atomic E-state index is 0.219. The van der Waals surface area contributed by atoms with Crippen LogP contribution in [0.3, 0.4) is 0 Å². The fourth-order valence-corrected chi connectivity index (χ4v) is 17.3. The molecule has 550 valence electrons. The van der Waals surface area contributed by atoms with E-state index in [0.717, 1.165) is 147 Å². The smallest absolute Gasteiger partial charge is 0.256 e. The average Bonchev–Trinajstić information content (AvgIpc) is 1.61. The summed E-state index contributed by atoms with van der Waals surface area (Å²) in [5.41, 5.74) is 24.0. The molecule has 1 saturated carbocycles. The van der Waals surface area contributed by atoms with Crippen LogP contribution >= 0.6 is 0 Å². The Bertz CT molecular complexity index is 7680. The molecule has 1 aliphatic carbocycles. The molecule has 8 nitrogen and oxygen atoms in total. The summed E-state index contributed by atoms with van der Waals surface area (Å²) in [5.74, 6) is -0.439. The summed E-state index contributed by atoms with van der Waals surface area (Å²) in [6.07, 6.45) is 13.1. The molecule has 0 N–H and O–H groups in total. The molecule has 21 rings (SSSR count). The molecule has 20 aromatic rings. The summed E-state index contributed by atoms with van der Waals surface area (Å²) >= 11 is 0. The number of fused-ring (bicyclic) bond motifs is 16. The molecule has 1 fully saturated rings. The minimum Gasteiger partial charge on any atom is -0.449 e. The Balaban J connectivity index is 0.000000112. The van der Waals surface area contributed by atoms with Crippen LogP contribution in [0.25, 0.3) is 176 Å². The van der Waals surface area contributed by atoms with Crippen LogP contribution in [-0.4, -0.2) is 0 Å². The van der Waals surface area contributed by atoms with Crippen LogP contribution in [-0.2, 0) is 28.2 Å². The second-order valence-corrected chi connectivity index (χ2v) is 31.0. The first-order valence-electron chi connectivity index (χ1n) is 43.7. The van der Waals surface area contributed by atoms with Crippen molar-refractivity contribution in [3.63, 3.8) is 0 Å². The molecular formula is C104H94N4O4+4. The van der Waals surface area contributed by atoms with Crippen molar-refractivity contribution >= 4 is 131 Å². The summed E-state index contributed by atoms with van der Waals surface area (Å²) in [6, 6.07) is 76.7. The summed E-state index contributed by atoms with van der Waals surface area (Å²) in [7, 11) is 7.82. The van der Waals surface area contributed by atoms with Gasteiger partial charge in [-0.1, -0.05) is 181 Å². The number of hydrogen-bond donors (Lipinski definition) is 0. The van der Waals surface area contributed by atoms with Crippen LogP contribution in [0.2, 0.25) is 0 Å². The monoisotopic (exact) mass is 1470 g/mol. The van der Waals surface area contributed by atoms with Crippen molar-refractivity contribution in [2.75, 3.05) is 0 Å². The summed E-state index contributed by atoms with van der Waals surface area (Å²) in [5, 5.41) is 16.4. The Morgan fingerprint density at radius 2 is 0.661 bits per heavy atom. The van der Waals surface area contributed by atoms with Gasteiger partial charge in [0.15, 0.2) is 24.8 Å². The Morgan fingerprint density at radius 1 is 0.295 bits per heavy atom. The van der Waals surface area contributed by atoms with Gasteiger partial charge in [0.2, 0.25) is 22.3 Å². The van der Waals surface area contributed by atoms with E-state index in [0.29, 0.717) is 44.4 Å². The molecule has 0 atom stereocenters. The van der Waals surface area contributed by atoms with Crippen molar-refractivity contribution in [1.29, 1.82) is 0 Å². The molecule has 0 aliphatic heterocycles. The van der Waals surface area contributed by atoms with Gasteiger partial charge in [-0.25, -0.2) is 0 Å². The van der Waals surface area contributed by atoms with E-state index in [-0.39, 0.29) is 11.1 Å². The lowest BCUT2D eigenvalue weighted by molar-refractivity contribution is -0.659. The quantitative estimate of drug-likeness (QED) is 0.161. The fraction of sp³-hybridized carbons (Fsp3) is 0.192. The summed E-state index contributed by atoms with van der Waals surface area (Å²) < 4.78 is 115. The Hall–Kier alpha value is -12.5. The van der Waals surface area contributed by atoms with Crippen molar-refractivity contribution in [2.45, 2.75) is 107 Å². The highest BCUT2D eigenvalue weighted by Crippen LogP contribution is 2.44. The molecule has 0 amide bonds. The average molecular weight is 1470 g/mol. The highest BCUT2D eigenvalue weighted by Gasteiger charge is 2.29. The predicted octanol–water partition coefficient (Wildman–Crippen LogP) is 26.1. The molecule has 112 heavy (non-hydrogen) atoms. The number of nitrogens with zero attached hydrogens (tertiary/aromatic N) is 4. The number of aryl methyl sites for hydroxylation is 14. The standard InChI is InChI=1S/C29H28NO.C26H24NO.C25H22NO.C24H20NO/c1-19-8-6-7-11-24(19)28-29-25(14-15-30(28)2)26-17-23-16-21(20-9-4-3-5-10-20)12-13-22(23)18-27(26)31-29;1-15-7-9-21(17(3)10-15)25-26-24(18(4)14-27(25)5)22-12-20-11-16(2)6-8-19(20)13-23(22)28-26;1-15-9-10-18-13-22-21(12-19(18)11-15)23-17(3)14-26(4)24(25(23)27-22)20-8-6-5-7-16(20)2;1-15-8-9-17-14-22-21(13-18(17)12-15)20-10-11-25(3)23(24(20)26-22)19-7-5-4-6-16(19)2/h6-8,11-18,20H,3-5,9-10H2,1-2H3;6-14H,1-5H3;5-14H,1-4H3;4-14H,1-3H3/q4*+1/i20D;1D3,4D3;3D3;. The molecule has 0 unspecified atom stereocenters. The van der Waals surface area contributed by atoms with Gasteiger partial charge in [0.05, 0.1) is 22.3 Å². The van der Waals surface area contributed by atoms with Gasteiger partial charge in [-0.3, -0.25) is 0 Å². The van der Waals surface area contributed by atoms with Gasteiger partial charge in [0, 0.05) is 80.1 Å². The number of aromatic nitrogens is 4. The van der Waals surface area contributed by atoms with Crippen molar-refractivity contribution in [3.8, 4) is 45.0 Å². The normalized spacial score (nSPS) is 14.6. The van der Waals surface area contributed by atoms with Gasteiger partial charge in [0.1, 0.15) is 50.5 Å². The maximum Gasteiger partial charge on any atom is 0.256 e. The van der Waals surface area contributed by atoms with Gasteiger partial charge >= 0.3 is 0 Å². The van der Waals surface area contributed by atoms with Gasteiger partial charge in [0.25, 0.3) is 22.8 Å². The molecule has 8 heterocycles. The lowest BCUT2D eigenvalue weighted by atomic mass is 9.83. The molecule has 8 aromatic heterocycles. The van der Waals surface area contributed by atoms with Crippen LogP contribution in [0.1, 0.15) is 113 Å². The second kappa shape index (κ2) is 28.4. The van der Waals surface area contributed by atoms with Crippen LogP contribution in [0.4, 0.5) is 0 Å². The first-order valence-corrected chi connectivity index (χ1v) is 38.7. The van der Waals surface area contributed by atoms with E-state index in [1.165, 1.54) is 66.6 Å². The molecule has 8 heteroatoms. The Kier molecular flexibility index (Phi) is 15.3. The zero-order chi connectivity index (χ0) is 85.5. The van der Waals surface area contributed by atoms with E-state index in [1.807, 2.05) is 74.0 Å². The summed E-state index contributed by atoms with van der Waals surface area (Å²) in [4.78, 5) is 0. The molecule has 0 saturated heterocycles. The van der Waals surface area contributed by atoms with Gasteiger partial charge < -0.3 is 17.7 Å². The predicted molar refractivity (Wildman–Crippen MR) is 465 cm³/mol. The number of benzene rings is 12. The van der Waals surface area contributed by atoms with E-state index < -0.39 is 26.4 Å². The van der Waals surface area contributed by atoms with Crippen molar-refractivity contribution < 1.29 is 49.6 Å². The van der Waals surface area contributed by atoms with Crippen LogP contribution in [0.15, 0.2) is 267 Å². The zero-order valence-electron chi connectivity index (χ0n) is 75.1. The van der Waals surface area contributed by atoms with Crippen LogP contribution in [0.5, 0.6) is 0 Å². The lowest BCUT2D eigenvalue weighted by Crippen LogP contribution is -2.31. The van der Waals surface area contributed by atoms with Gasteiger partial charge in [-0.2, -0.15) is 18.3 Å². The first kappa shape index (κ1) is 60.3. The number of furan rings is 4. The maximum atomic E-state index is 9.05. The molecule has 1 aliphatic rings. The number of pyridine rings is 4. The number of hydrogen-bond acceptors (Lipinski definition) is 4. The third-order valence-corrected chi connectivity index (χ3v) is 23.1. The molecule has 0 bridgehead atoms. The minimum atomic E-state index is -2.34. The molecule has 12 aromatic carbocycles. The van der Waals surface area contributed by atoms with Gasteiger partial charge in [-0.15, -0.1) is 0 Å². The third kappa shape index (κ3) is 12.7. The van der Waals surface area contributed by atoms with E-state index >= 15 is 0 Å². The van der Waals surface area contributed by atoms with Crippen molar-refractivity contribution in [3.05, 3.63) is 310 Å². The van der Waals surface area contributed by atoms with E-state index in [2.05, 4.69) is 228 Å². The SMILES string of the molecule is Cc1ccc2cc3oc4c(-c5ccccc5C)[n+](C)ccc4c3cc2c1.[2H]C([2H])([2H])c1c[n+](C)c(-c2ccccc2C)c2oc3cc4ccc(C)cc4cc3c12.[2H]C([2H])([2H])c1ccc(-c2c3oc4cc5ccc(C)cc5cc4c3c(C([2H])([2H])[2H])c[n+]2C)c(C)c1.[2H]C1(c2ccc3cc4oc5c(-c6ccccc6C)[n+](C)ccc5c4cc3c2)CCCCC1. The third-order valence-electron chi connectivity index (χ3n) is 23.1. The lowest BCUT2D eigenvalue weighted by Gasteiger charge is -2.22. The van der Waals surface area contributed by atoms with Gasteiger partial charge in [-0.05, 0) is 231 Å². The maximum absolute atomic E-state index is 9.05. The first-order chi connectivity index (χ1) is 58.2. The second-order valence-electron chi connectivity index (χ2n) is 31.0.